The predicted octanol–water partition coefficient (Wildman–Crippen LogP) is 4.49. The third kappa shape index (κ3) is 3.08. The van der Waals surface area contributed by atoms with E-state index < -0.39 is 0 Å². The van der Waals surface area contributed by atoms with Gasteiger partial charge in [0.25, 0.3) is 0 Å². The van der Waals surface area contributed by atoms with E-state index in [4.69, 9.17) is 18.9 Å². The summed E-state index contributed by atoms with van der Waals surface area (Å²) in [6, 6.07) is 14.1. The Morgan fingerprint density at radius 3 is 1.96 bits per heavy atom. The Kier molecular flexibility index (Phi) is 5.07. The zero-order valence-electron chi connectivity index (χ0n) is 15.7. The molecule has 136 valence electrons. The van der Waals surface area contributed by atoms with Crippen molar-refractivity contribution in [1.29, 1.82) is 0 Å². The van der Waals surface area contributed by atoms with Crippen LogP contribution in [-0.4, -0.2) is 33.0 Å². The van der Waals surface area contributed by atoms with Gasteiger partial charge in [-0.2, -0.15) is 0 Å². The maximum atomic E-state index is 5.48. The molecule has 0 radical (unpaired) electrons. The number of aryl methyl sites for hydroxylation is 1. The fraction of sp³-hybridized carbons (Fsp3) is 0.238. The van der Waals surface area contributed by atoms with Crippen LogP contribution >= 0.6 is 0 Å². The molecule has 3 rings (SSSR count). The summed E-state index contributed by atoms with van der Waals surface area (Å²) in [5, 5.41) is 0. The molecule has 0 aliphatic rings. The van der Waals surface area contributed by atoms with Gasteiger partial charge in [-0.3, -0.25) is 0 Å². The second-order valence-corrected chi connectivity index (χ2v) is 5.83. The SMILES string of the molecule is COc1cc(-c2cccn2-c2cc(OC)c(OC)c(OC)c2)ccc1C. The van der Waals surface area contributed by atoms with Gasteiger partial charge in [-0.05, 0) is 30.7 Å². The van der Waals surface area contributed by atoms with Crippen LogP contribution in [0, 0.1) is 6.92 Å². The highest BCUT2D eigenvalue weighted by molar-refractivity contribution is 5.67. The highest BCUT2D eigenvalue weighted by Crippen LogP contribution is 2.40. The van der Waals surface area contributed by atoms with E-state index in [0.29, 0.717) is 17.2 Å². The average Bonchev–Trinajstić information content (AvgIpc) is 3.16. The van der Waals surface area contributed by atoms with Crippen molar-refractivity contribution >= 4 is 0 Å². The molecule has 0 unspecified atom stereocenters. The normalized spacial score (nSPS) is 10.5. The Balaban J connectivity index is 2.14. The molecule has 3 aromatic rings. The van der Waals surface area contributed by atoms with Crippen LogP contribution in [-0.2, 0) is 0 Å². The van der Waals surface area contributed by atoms with E-state index in [0.717, 1.165) is 28.3 Å². The fourth-order valence-electron chi connectivity index (χ4n) is 3.03. The highest BCUT2D eigenvalue weighted by atomic mass is 16.5. The molecule has 0 bridgehead atoms. The summed E-state index contributed by atoms with van der Waals surface area (Å²) in [6.45, 7) is 2.03. The molecular formula is C21H23NO4. The van der Waals surface area contributed by atoms with Gasteiger partial charge in [-0.15, -0.1) is 0 Å². The van der Waals surface area contributed by atoms with E-state index in [1.54, 1.807) is 28.4 Å². The van der Waals surface area contributed by atoms with E-state index in [1.165, 1.54) is 0 Å². The molecule has 0 aliphatic carbocycles. The molecule has 1 aromatic heterocycles. The lowest BCUT2D eigenvalue weighted by Crippen LogP contribution is -2.00. The van der Waals surface area contributed by atoms with Gasteiger partial charge in [-0.25, -0.2) is 0 Å². The van der Waals surface area contributed by atoms with Crippen LogP contribution in [0.3, 0.4) is 0 Å². The second-order valence-electron chi connectivity index (χ2n) is 5.83. The van der Waals surface area contributed by atoms with Crippen molar-refractivity contribution in [2.75, 3.05) is 28.4 Å². The van der Waals surface area contributed by atoms with Gasteiger partial charge in [0.15, 0.2) is 11.5 Å². The molecule has 0 N–H and O–H groups in total. The van der Waals surface area contributed by atoms with E-state index in [-0.39, 0.29) is 0 Å². The predicted molar refractivity (Wildman–Crippen MR) is 102 cm³/mol. The van der Waals surface area contributed by atoms with Crippen LogP contribution in [0.15, 0.2) is 48.7 Å². The zero-order valence-corrected chi connectivity index (χ0v) is 15.7. The first-order valence-electron chi connectivity index (χ1n) is 8.25. The number of methoxy groups -OCH3 is 4. The lowest BCUT2D eigenvalue weighted by atomic mass is 10.1. The van der Waals surface area contributed by atoms with Crippen LogP contribution in [0.4, 0.5) is 0 Å². The van der Waals surface area contributed by atoms with Crippen LogP contribution in [0.2, 0.25) is 0 Å². The van der Waals surface area contributed by atoms with Crippen LogP contribution in [0.25, 0.3) is 16.9 Å². The van der Waals surface area contributed by atoms with Crippen LogP contribution < -0.4 is 18.9 Å². The van der Waals surface area contributed by atoms with Gasteiger partial charge in [0.2, 0.25) is 5.75 Å². The first-order valence-corrected chi connectivity index (χ1v) is 8.25. The molecular weight excluding hydrogens is 330 g/mol. The Hall–Kier alpha value is -3.08. The van der Waals surface area contributed by atoms with Crippen molar-refractivity contribution < 1.29 is 18.9 Å². The van der Waals surface area contributed by atoms with Gasteiger partial charge >= 0.3 is 0 Å². The molecule has 5 nitrogen and oxygen atoms in total. The van der Waals surface area contributed by atoms with Crippen LogP contribution in [0.5, 0.6) is 23.0 Å². The average molecular weight is 353 g/mol. The standard InChI is InChI=1S/C21H23NO4/c1-14-8-9-15(11-18(14)23-2)17-7-6-10-22(17)16-12-19(24-3)21(26-5)20(13-16)25-4/h6-13H,1-5H3. The van der Waals surface area contributed by atoms with Gasteiger partial charge in [0.1, 0.15) is 5.75 Å². The number of aromatic nitrogens is 1. The summed E-state index contributed by atoms with van der Waals surface area (Å²) < 4.78 is 23.9. The molecule has 2 aromatic carbocycles. The quantitative estimate of drug-likeness (QED) is 0.655. The molecule has 0 amide bonds. The van der Waals surface area contributed by atoms with E-state index in [9.17, 15) is 0 Å². The minimum absolute atomic E-state index is 0.574. The summed E-state index contributed by atoms with van der Waals surface area (Å²) >= 11 is 0. The Bertz CT molecular complexity index is 889. The summed E-state index contributed by atoms with van der Waals surface area (Å²) in [7, 11) is 6.51. The largest absolute Gasteiger partial charge is 0.496 e. The minimum atomic E-state index is 0.574. The summed E-state index contributed by atoms with van der Waals surface area (Å²) in [5.74, 6) is 2.66. The second kappa shape index (κ2) is 7.44. The van der Waals surface area contributed by atoms with Gasteiger partial charge in [0, 0.05) is 23.9 Å². The summed E-state index contributed by atoms with van der Waals surface area (Å²) in [4.78, 5) is 0. The lowest BCUT2D eigenvalue weighted by molar-refractivity contribution is 0.324. The zero-order chi connectivity index (χ0) is 18.7. The molecule has 0 atom stereocenters. The van der Waals surface area contributed by atoms with Crippen molar-refractivity contribution in [2.45, 2.75) is 6.92 Å². The van der Waals surface area contributed by atoms with Crippen LogP contribution in [0.1, 0.15) is 5.56 Å². The lowest BCUT2D eigenvalue weighted by Gasteiger charge is -2.16. The summed E-state index contributed by atoms with van der Waals surface area (Å²) in [5.41, 5.74) is 4.12. The number of rotatable bonds is 6. The Morgan fingerprint density at radius 2 is 1.38 bits per heavy atom. The Morgan fingerprint density at radius 1 is 0.731 bits per heavy atom. The number of hydrogen-bond donors (Lipinski definition) is 0. The monoisotopic (exact) mass is 353 g/mol. The molecule has 0 fully saturated rings. The molecule has 0 spiro atoms. The maximum Gasteiger partial charge on any atom is 0.203 e. The number of benzene rings is 2. The van der Waals surface area contributed by atoms with E-state index in [1.807, 2.05) is 37.4 Å². The summed E-state index contributed by atoms with van der Waals surface area (Å²) in [6.07, 6.45) is 2.00. The molecule has 0 aliphatic heterocycles. The molecule has 0 saturated heterocycles. The molecule has 1 heterocycles. The molecule has 26 heavy (non-hydrogen) atoms. The maximum absolute atomic E-state index is 5.48. The molecule has 0 saturated carbocycles. The number of nitrogens with zero attached hydrogens (tertiary/aromatic N) is 1. The smallest absolute Gasteiger partial charge is 0.203 e. The topological polar surface area (TPSA) is 41.9 Å². The van der Waals surface area contributed by atoms with Crippen molar-refractivity contribution in [2.24, 2.45) is 0 Å². The third-order valence-electron chi connectivity index (χ3n) is 4.38. The van der Waals surface area contributed by atoms with Crippen molar-refractivity contribution in [3.8, 4) is 39.9 Å². The molecule has 5 heteroatoms. The van der Waals surface area contributed by atoms with E-state index in [2.05, 4.69) is 22.8 Å². The number of ether oxygens (including phenoxy) is 4. The first kappa shape index (κ1) is 17.7. The number of hydrogen-bond acceptors (Lipinski definition) is 4. The van der Waals surface area contributed by atoms with Gasteiger partial charge in [0.05, 0.1) is 39.8 Å². The van der Waals surface area contributed by atoms with Crippen molar-refractivity contribution in [3.63, 3.8) is 0 Å². The van der Waals surface area contributed by atoms with Gasteiger partial charge < -0.3 is 23.5 Å². The van der Waals surface area contributed by atoms with Gasteiger partial charge in [-0.1, -0.05) is 12.1 Å². The van der Waals surface area contributed by atoms with Crippen molar-refractivity contribution in [3.05, 3.63) is 54.2 Å². The van der Waals surface area contributed by atoms with Crippen molar-refractivity contribution in [1.82, 2.24) is 4.57 Å². The highest BCUT2D eigenvalue weighted by Gasteiger charge is 2.16. The fourth-order valence-corrected chi connectivity index (χ4v) is 3.03. The minimum Gasteiger partial charge on any atom is -0.496 e. The first-order chi connectivity index (χ1) is 12.6. The van der Waals surface area contributed by atoms with E-state index >= 15 is 0 Å². The third-order valence-corrected chi connectivity index (χ3v) is 4.38. The Labute approximate surface area is 153 Å².